The van der Waals surface area contributed by atoms with E-state index in [-0.39, 0.29) is 5.69 Å². The lowest BCUT2D eigenvalue weighted by Gasteiger charge is -2.03. The van der Waals surface area contributed by atoms with Crippen LogP contribution in [0.5, 0.6) is 0 Å². The van der Waals surface area contributed by atoms with Gasteiger partial charge < -0.3 is 10.8 Å². The molecular weight excluding hydrogens is 176 g/mol. The summed E-state index contributed by atoms with van der Waals surface area (Å²) in [5, 5.41) is 15.4. The number of nitrogens with zero attached hydrogens (tertiary/aromatic N) is 3. The minimum absolute atomic E-state index is 0.0481. The van der Waals surface area contributed by atoms with Crippen molar-refractivity contribution in [2.45, 2.75) is 13.0 Å². The first kappa shape index (κ1) is 9.17. The van der Waals surface area contributed by atoms with Crippen LogP contribution >= 0.6 is 0 Å². The minimum atomic E-state index is -1.05. The number of amides is 1. The van der Waals surface area contributed by atoms with Crippen LogP contribution in [0.4, 0.5) is 0 Å². The predicted octanol–water partition coefficient (Wildman–Crippen LogP) is -0.977. The molecule has 7 heteroatoms. The fourth-order valence-electron chi connectivity index (χ4n) is 0.692. The van der Waals surface area contributed by atoms with E-state index in [1.807, 2.05) is 0 Å². The molecule has 3 N–H and O–H groups in total. The second kappa shape index (κ2) is 3.21. The van der Waals surface area contributed by atoms with Crippen LogP contribution in [0.1, 0.15) is 23.5 Å². The van der Waals surface area contributed by atoms with Gasteiger partial charge in [0.25, 0.3) is 5.91 Å². The lowest BCUT2D eigenvalue weighted by molar-refractivity contribution is -0.140. The van der Waals surface area contributed by atoms with E-state index in [0.717, 1.165) is 4.68 Å². The highest BCUT2D eigenvalue weighted by Crippen LogP contribution is 2.03. The molecule has 1 aromatic heterocycles. The lowest BCUT2D eigenvalue weighted by atomic mass is 10.3. The van der Waals surface area contributed by atoms with Gasteiger partial charge in [-0.3, -0.25) is 4.79 Å². The molecule has 13 heavy (non-hydrogen) atoms. The van der Waals surface area contributed by atoms with Gasteiger partial charge in [-0.2, -0.15) is 0 Å². The largest absolute Gasteiger partial charge is 0.480 e. The van der Waals surface area contributed by atoms with Crippen molar-refractivity contribution in [3.8, 4) is 0 Å². The Morgan fingerprint density at radius 3 is 2.69 bits per heavy atom. The van der Waals surface area contributed by atoms with Gasteiger partial charge in [-0.25, -0.2) is 9.48 Å². The van der Waals surface area contributed by atoms with Crippen LogP contribution in [0, 0.1) is 0 Å². The Bertz CT molecular complexity index is 345. The molecule has 0 aromatic carbocycles. The number of hydrogen-bond acceptors (Lipinski definition) is 4. The molecule has 1 unspecified atom stereocenters. The molecule has 0 aliphatic heterocycles. The van der Waals surface area contributed by atoms with Crippen molar-refractivity contribution in [2.24, 2.45) is 5.73 Å². The third kappa shape index (κ3) is 1.81. The van der Waals surface area contributed by atoms with Crippen molar-refractivity contribution in [3.05, 3.63) is 11.9 Å². The molecular formula is C6H8N4O3. The van der Waals surface area contributed by atoms with Gasteiger partial charge in [-0.15, -0.1) is 5.10 Å². The molecule has 0 spiro atoms. The van der Waals surface area contributed by atoms with Gasteiger partial charge in [-0.05, 0) is 6.92 Å². The number of carboxylic acids is 1. The van der Waals surface area contributed by atoms with Gasteiger partial charge >= 0.3 is 5.97 Å². The third-order valence-electron chi connectivity index (χ3n) is 1.52. The van der Waals surface area contributed by atoms with Crippen LogP contribution in [-0.4, -0.2) is 32.0 Å². The monoisotopic (exact) mass is 184 g/mol. The number of primary amides is 1. The maximum Gasteiger partial charge on any atom is 0.328 e. The summed E-state index contributed by atoms with van der Waals surface area (Å²) >= 11 is 0. The van der Waals surface area contributed by atoms with Crippen molar-refractivity contribution >= 4 is 11.9 Å². The van der Waals surface area contributed by atoms with Gasteiger partial charge in [0, 0.05) is 0 Å². The fraction of sp³-hybridized carbons (Fsp3) is 0.333. The Balaban J connectivity index is 2.91. The Morgan fingerprint density at radius 1 is 1.69 bits per heavy atom. The van der Waals surface area contributed by atoms with Crippen LogP contribution in [0.15, 0.2) is 6.20 Å². The Kier molecular flexibility index (Phi) is 2.27. The van der Waals surface area contributed by atoms with Gasteiger partial charge in [0.2, 0.25) is 0 Å². The summed E-state index contributed by atoms with van der Waals surface area (Å²) in [6.45, 7) is 1.42. The summed E-state index contributed by atoms with van der Waals surface area (Å²) in [5.74, 6) is -1.79. The van der Waals surface area contributed by atoms with Crippen molar-refractivity contribution < 1.29 is 14.7 Å². The first-order valence-electron chi connectivity index (χ1n) is 3.47. The maximum atomic E-state index is 10.6. The molecule has 1 heterocycles. The smallest absolute Gasteiger partial charge is 0.328 e. The van der Waals surface area contributed by atoms with Crippen molar-refractivity contribution in [1.29, 1.82) is 0 Å². The SMILES string of the molecule is CC(C(=O)O)n1cc(C(N)=O)nn1. The van der Waals surface area contributed by atoms with E-state index in [1.54, 1.807) is 0 Å². The van der Waals surface area contributed by atoms with E-state index in [0.29, 0.717) is 0 Å². The molecule has 1 aromatic rings. The zero-order valence-corrected chi connectivity index (χ0v) is 6.84. The number of carbonyl (C=O) groups is 2. The quantitative estimate of drug-likeness (QED) is 0.627. The van der Waals surface area contributed by atoms with Gasteiger partial charge in [0.15, 0.2) is 5.69 Å². The third-order valence-corrected chi connectivity index (χ3v) is 1.52. The van der Waals surface area contributed by atoms with E-state index in [9.17, 15) is 9.59 Å². The normalized spacial score (nSPS) is 12.4. The molecule has 7 nitrogen and oxygen atoms in total. The Labute approximate surface area is 73.1 Å². The van der Waals surface area contributed by atoms with E-state index < -0.39 is 17.9 Å². The Morgan fingerprint density at radius 2 is 2.31 bits per heavy atom. The summed E-state index contributed by atoms with van der Waals surface area (Å²) in [6.07, 6.45) is 1.20. The second-order valence-electron chi connectivity index (χ2n) is 2.46. The highest BCUT2D eigenvalue weighted by molar-refractivity contribution is 5.90. The fourth-order valence-corrected chi connectivity index (χ4v) is 0.692. The molecule has 0 fully saturated rings. The molecule has 0 aliphatic rings. The van der Waals surface area contributed by atoms with E-state index in [1.165, 1.54) is 13.1 Å². The van der Waals surface area contributed by atoms with Crippen LogP contribution in [0.25, 0.3) is 0 Å². The molecule has 0 saturated carbocycles. The average molecular weight is 184 g/mol. The summed E-state index contributed by atoms with van der Waals surface area (Å²) in [5.41, 5.74) is 4.85. The molecule has 0 saturated heterocycles. The van der Waals surface area contributed by atoms with Crippen molar-refractivity contribution in [3.63, 3.8) is 0 Å². The second-order valence-corrected chi connectivity index (χ2v) is 2.46. The lowest BCUT2D eigenvalue weighted by Crippen LogP contribution is -2.16. The van der Waals surface area contributed by atoms with Crippen molar-refractivity contribution in [2.75, 3.05) is 0 Å². The number of carboxylic acid groups (broad SMARTS) is 1. The molecule has 0 aliphatic carbocycles. The van der Waals surface area contributed by atoms with E-state index >= 15 is 0 Å². The van der Waals surface area contributed by atoms with Crippen LogP contribution < -0.4 is 5.73 Å². The minimum Gasteiger partial charge on any atom is -0.480 e. The number of aliphatic carboxylic acids is 1. The zero-order chi connectivity index (χ0) is 10.0. The van der Waals surface area contributed by atoms with Crippen molar-refractivity contribution in [1.82, 2.24) is 15.0 Å². The number of rotatable bonds is 3. The standard InChI is InChI=1S/C6H8N4O3/c1-3(6(12)13)10-2-4(5(7)11)8-9-10/h2-3H,1H3,(H2,7,11)(H,12,13). The summed E-state index contributed by atoms with van der Waals surface area (Å²) < 4.78 is 1.06. The molecule has 0 bridgehead atoms. The first-order chi connectivity index (χ1) is 6.02. The zero-order valence-electron chi connectivity index (χ0n) is 6.84. The van der Waals surface area contributed by atoms with Gasteiger partial charge in [0.05, 0.1) is 6.20 Å². The molecule has 70 valence electrons. The van der Waals surface area contributed by atoms with Gasteiger partial charge in [0.1, 0.15) is 6.04 Å². The molecule has 0 radical (unpaired) electrons. The van der Waals surface area contributed by atoms with Crippen LogP contribution in [0.3, 0.4) is 0 Å². The maximum absolute atomic E-state index is 10.6. The number of aromatic nitrogens is 3. The average Bonchev–Trinajstić information content (AvgIpc) is 2.50. The number of nitrogens with two attached hydrogens (primary N) is 1. The molecule has 1 atom stereocenters. The van der Waals surface area contributed by atoms with E-state index in [2.05, 4.69) is 10.3 Å². The molecule has 1 amide bonds. The number of hydrogen-bond donors (Lipinski definition) is 2. The molecule has 1 rings (SSSR count). The Hall–Kier alpha value is -1.92. The topological polar surface area (TPSA) is 111 Å². The highest BCUT2D eigenvalue weighted by Gasteiger charge is 2.16. The van der Waals surface area contributed by atoms with Gasteiger partial charge in [-0.1, -0.05) is 5.21 Å². The highest BCUT2D eigenvalue weighted by atomic mass is 16.4. The van der Waals surface area contributed by atoms with Crippen LogP contribution in [-0.2, 0) is 4.79 Å². The predicted molar refractivity (Wildman–Crippen MR) is 40.9 cm³/mol. The first-order valence-corrected chi connectivity index (χ1v) is 3.47. The number of carbonyl (C=O) groups excluding carboxylic acids is 1. The summed E-state index contributed by atoms with van der Waals surface area (Å²) in [7, 11) is 0. The summed E-state index contributed by atoms with van der Waals surface area (Å²) in [6, 6.07) is -0.861. The van der Waals surface area contributed by atoms with E-state index in [4.69, 9.17) is 10.8 Å². The summed E-state index contributed by atoms with van der Waals surface area (Å²) in [4.78, 5) is 21.0. The van der Waals surface area contributed by atoms with Crippen LogP contribution in [0.2, 0.25) is 0 Å².